The molecular weight excluding hydrogens is 981 g/mol. The minimum absolute atomic E-state index is 0.00893. The molecule has 2 aliphatic rings. The van der Waals surface area contributed by atoms with Gasteiger partial charge in [0, 0.05) is 48.7 Å². The number of carbonyl (C=O) groups excluding carboxylic acids is 2. The van der Waals surface area contributed by atoms with Crippen LogP contribution in [0.2, 0.25) is 5.02 Å². The molecule has 4 N–H and O–H groups in total. The van der Waals surface area contributed by atoms with E-state index in [1.165, 1.54) is 31.5 Å². The molecule has 21 nitrogen and oxygen atoms in total. The van der Waals surface area contributed by atoms with Crippen molar-refractivity contribution in [3.05, 3.63) is 197 Å². The van der Waals surface area contributed by atoms with E-state index in [1.807, 2.05) is 54.6 Å². The molecule has 376 valence electrons. The lowest BCUT2D eigenvalue weighted by Crippen LogP contribution is -2.44. The summed E-state index contributed by atoms with van der Waals surface area (Å²) in [6.45, 7) is -0.398. The van der Waals surface area contributed by atoms with Crippen LogP contribution < -0.4 is 37.3 Å². The molecule has 4 aromatic carbocycles. The SMILES string of the molecule is COc1ccc(C(OC[C@H]2O[C@@H](n3ccc(=O)[nH]c3=O)[C@H](OC)[C@@H]2CNC(=O)C[C@H]2O[C@@H](n3ccc(=O)[nH]c3=O)[C@H](OC(=O)c3ccccc3Cl)[C@@H]2O[P+](=O)O)(c2ccccc2)c2ccc(OC)cc2)cc1. The van der Waals surface area contributed by atoms with Crippen LogP contribution in [0.4, 0.5) is 0 Å². The van der Waals surface area contributed by atoms with E-state index in [-0.39, 0.29) is 23.7 Å². The van der Waals surface area contributed by atoms with Crippen LogP contribution in [0, 0.1) is 5.92 Å². The zero-order valence-electron chi connectivity index (χ0n) is 38.7. The molecule has 0 bridgehead atoms. The highest BCUT2D eigenvalue weighted by Crippen LogP contribution is 2.44. The van der Waals surface area contributed by atoms with Gasteiger partial charge in [-0.05, 0) is 53.1 Å². The summed E-state index contributed by atoms with van der Waals surface area (Å²) < 4.78 is 62.5. The molecule has 2 saturated heterocycles. The second kappa shape index (κ2) is 22.6. The highest BCUT2D eigenvalue weighted by Gasteiger charge is 2.54. The lowest BCUT2D eigenvalue weighted by molar-refractivity contribution is -0.126. The summed E-state index contributed by atoms with van der Waals surface area (Å²) in [6, 6.07) is 32.2. The average Bonchev–Trinajstić information content (AvgIpc) is 3.89. The number of aromatic nitrogens is 4. The number of aromatic amines is 2. The molecule has 0 saturated carbocycles. The molecule has 4 heterocycles. The minimum Gasteiger partial charge on any atom is -0.497 e. The number of hydrogen-bond acceptors (Lipinski definition) is 15. The third kappa shape index (κ3) is 10.9. The summed E-state index contributed by atoms with van der Waals surface area (Å²) in [7, 11) is 1.07. The third-order valence-electron chi connectivity index (χ3n) is 12.4. The van der Waals surface area contributed by atoms with Crippen molar-refractivity contribution < 1.29 is 56.7 Å². The molecule has 0 spiro atoms. The topological polar surface area (TPSA) is 267 Å². The van der Waals surface area contributed by atoms with Gasteiger partial charge in [-0.15, -0.1) is 9.42 Å². The molecule has 1 amide bonds. The van der Waals surface area contributed by atoms with E-state index in [4.69, 9.17) is 49.3 Å². The molecule has 0 aliphatic carbocycles. The maximum Gasteiger partial charge on any atom is 0.695 e. The summed E-state index contributed by atoms with van der Waals surface area (Å²) in [6.07, 6.45) is -7.75. The van der Waals surface area contributed by atoms with Crippen molar-refractivity contribution in [2.24, 2.45) is 5.92 Å². The molecule has 6 aromatic rings. The number of ether oxygens (including phenoxy) is 7. The van der Waals surface area contributed by atoms with Crippen LogP contribution in [0.1, 0.15) is 45.9 Å². The number of rotatable bonds is 19. The largest absolute Gasteiger partial charge is 0.695 e. The molecular formula is C49H48ClN5O16P+. The van der Waals surface area contributed by atoms with E-state index >= 15 is 0 Å². The fraction of sp³-hybridized carbons (Fsp3) is 0.306. The number of esters is 1. The summed E-state index contributed by atoms with van der Waals surface area (Å²) in [4.78, 5) is 92.8. The molecule has 2 fully saturated rings. The van der Waals surface area contributed by atoms with Gasteiger partial charge in [-0.1, -0.05) is 78.3 Å². The number of nitrogens with one attached hydrogen (secondary N) is 3. The molecule has 1 unspecified atom stereocenters. The number of nitrogens with zero attached hydrogens (tertiary/aromatic N) is 2. The van der Waals surface area contributed by atoms with Crippen molar-refractivity contribution in [2.75, 3.05) is 34.5 Å². The fourth-order valence-corrected chi connectivity index (χ4v) is 9.67. The Hall–Kier alpha value is -7.07. The Bertz CT molecular complexity index is 3080. The van der Waals surface area contributed by atoms with Crippen LogP contribution in [0.3, 0.4) is 0 Å². The van der Waals surface area contributed by atoms with Crippen molar-refractivity contribution in [3.63, 3.8) is 0 Å². The predicted octanol–water partition coefficient (Wildman–Crippen LogP) is 3.96. The van der Waals surface area contributed by atoms with Gasteiger partial charge in [0.1, 0.15) is 29.3 Å². The van der Waals surface area contributed by atoms with E-state index in [1.54, 1.807) is 44.6 Å². The van der Waals surface area contributed by atoms with Gasteiger partial charge in [0.05, 0.1) is 43.9 Å². The van der Waals surface area contributed by atoms with E-state index in [9.17, 15) is 38.2 Å². The normalized spacial score (nSPS) is 22.0. The van der Waals surface area contributed by atoms with Crippen molar-refractivity contribution in [1.29, 1.82) is 0 Å². The summed E-state index contributed by atoms with van der Waals surface area (Å²) in [5, 5.41) is 2.86. The van der Waals surface area contributed by atoms with Gasteiger partial charge in [0.2, 0.25) is 5.91 Å². The molecule has 2 aliphatic heterocycles. The van der Waals surface area contributed by atoms with Gasteiger partial charge in [-0.3, -0.25) is 33.5 Å². The van der Waals surface area contributed by atoms with Gasteiger partial charge in [0.15, 0.2) is 24.7 Å². The first-order valence-corrected chi connectivity index (χ1v) is 23.8. The second-order valence-electron chi connectivity index (χ2n) is 16.5. The number of methoxy groups -OCH3 is 3. The molecule has 23 heteroatoms. The average molecular weight is 1030 g/mol. The van der Waals surface area contributed by atoms with Crippen molar-refractivity contribution in [1.82, 2.24) is 24.4 Å². The van der Waals surface area contributed by atoms with Crippen molar-refractivity contribution in [2.45, 2.75) is 55.0 Å². The lowest BCUT2D eigenvalue weighted by atomic mass is 9.80. The maximum absolute atomic E-state index is 14.2. The van der Waals surface area contributed by atoms with Gasteiger partial charge in [-0.25, -0.2) is 14.4 Å². The van der Waals surface area contributed by atoms with E-state index < -0.39 is 104 Å². The predicted molar refractivity (Wildman–Crippen MR) is 256 cm³/mol. The Balaban J connectivity index is 1.12. The Morgan fingerprint density at radius 1 is 0.708 bits per heavy atom. The molecule has 2 aromatic heterocycles. The van der Waals surface area contributed by atoms with Crippen LogP contribution >= 0.6 is 19.9 Å². The van der Waals surface area contributed by atoms with Crippen LogP contribution in [-0.4, -0.2) is 101 Å². The van der Waals surface area contributed by atoms with Crippen molar-refractivity contribution in [3.8, 4) is 11.5 Å². The van der Waals surface area contributed by atoms with E-state index in [2.05, 4.69) is 15.3 Å². The van der Waals surface area contributed by atoms with Gasteiger partial charge < -0.3 is 38.5 Å². The fourth-order valence-electron chi connectivity index (χ4n) is 9.00. The quantitative estimate of drug-likeness (QED) is 0.0508. The number of amides is 1. The number of H-pyrrole nitrogens is 2. The lowest BCUT2D eigenvalue weighted by Gasteiger charge is -2.37. The van der Waals surface area contributed by atoms with Crippen LogP contribution in [0.25, 0.3) is 0 Å². The molecule has 0 radical (unpaired) electrons. The Morgan fingerprint density at radius 3 is 1.76 bits per heavy atom. The van der Waals surface area contributed by atoms with E-state index in [0.29, 0.717) is 22.6 Å². The Kier molecular flexibility index (Phi) is 16.1. The Labute approximate surface area is 415 Å². The zero-order chi connectivity index (χ0) is 51.1. The Morgan fingerprint density at radius 2 is 1.24 bits per heavy atom. The van der Waals surface area contributed by atoms with Gasteiger partial charge in [0.25, 0.3) is 11.1 Å². The van der Waals surface area contributed by atoms with Crippen LogP contribution in [0.5, 0.6) is 11.5 Å². The number of carbonyl (C=O) groups is 2. The number of benzene rings is 4. The first-order valence-electron chi connectivity index (χ1n) is 22.2. The highest BCUT2D eigenvalue weighted by atomic mass is 35.5. The van der Waals surface area contributed by atoms with Crippen molar-refractivity contribution >= 4 is 31.7 Å². The first-order chi connectivity index (χ1) is 34.7. The van der Waals surface area contributed by atoms with Gasteiger partial charge in [-0.2, -0.15) is 0 Å². The minimum atomic E-state index is -3.44. The summed E-state index contributed by atoms with van der Waals surface area (Å²) >= 11 is 6.28. The van der Waals surface area contributed by atoms with E-state index in [0.717, 1.165) is 33.0 Å². The molecule has 72 heavy (non-hydrogen) atoms. The monoisotopic (exact) mass is 1030 g/mol. The third-order valence-corrected chi connectivity index (χ3v) is 13.2. The smallest absolute Gasteiger partial charge is 0.497 e. The highest BCUT2D eigenvalue weighted by molar-refractivity contribution is 7.32. The summed E-state index contributed by atoms with van der Waals surface area (Å²) in [5.74, 6) is -1.34. The number of hydrogen-bond donors (Lipinski definition) is 4. The standard InChI is InChI=1S/C49H47ClN5O16P/c1-64-31-17-13-29(14-18-31)49(28-9-5-4-6-10-28,30-15-19-32(65-2)20-16-30)67-27-37-34(41(66-3)44(69-37)54-23-21-38(56)52-47(54)60)26-51-40(58)25-36-42(71-72(62)63)43(70-46(59)33-11-7-8-12-35(33)50)45(68-36)55-24-22-39(57)53-48(55)61/h4-24,34,36-37,41-45H,25-27H2,1-3H3,(H3-,51,52,53,56,57,58,60,61,62,63)/p+1/t34-,36-,37-,41-,42-,43-,44-,45-/m1/s1. The molecule has 9 atom stereocenters. The maximum atomic E-state index is 14.2. The zero-order valence-corrected chi connectivity index (χ0v) is 40.3. The first kappa shape index (κ1) is 51.3. The molecule has 8 rings (SSSR count). The second-order valence-corrected chi connectivity index (χ2v) is 17.6. The number of halogens is 1. The van der Waals surface area contributed by atoms with Gasteiger partial charge >= 0.3 is 25.6 Å². The summed E-state index contributed by atoms with van der Waals surface area (Å²) in [5.41, 5.74) is -2.46. The van der Waals surface area contributed by atoms with Crippen LogP contribution in [0.15, 0.2) is 147 Å². The van der Waals surface area contributed by atoms with Crippen LogP contribution in [-0.2, 0) is 43.2 Å².